The van der Waals surface area contributed by atoms with E-state index in [0.29, 0.717) is 5.69 Å². The van der Waals surface area contributed by atoms with E-state index in [9.17, 15) is 0 Å². The summed E-state index contributed by atoms with van der Waals surface area (Å²) in [5, 5.41) is 21.1. The van der Waals surface area contributed by atoms with Gasteiger partial charge in [0.2, 0.25) is 0 Å². The summed E-state index contributed by atoms with van der Waals surface area (Å²) in [4.78, 5) is 4.22. The molecule has 0 radical (unpaired) electrons. The van der Waals surface area contributed by atoms with Gasteiger partial charge in [0.15, 0.2) is 5.84 Å². The minimum atomic E-state index is -0.00217. The number of nitrogens with two attached hydrogens (primary N) is 1. The van der Waals surface area contributed by atoms with Crippen molar-refractivity contribution in [2.45, 2.75) is 11.9 Å². The lowest BCUT2D eigenvalue weighted by Gasteiger charge is -2.07. The van der Waals surface area contributed by atoms with Crippen molar-refractivity contribution in [2.75, 3.05) is 12.4 Å². The van der Waals surface area contributed by atoms with Gasteiger partial charge in [0, 0.05) is 12.4 Å². The summed E-state index contributed by atoms with van der Waals surface area (Å²) in [6.07, 6.45) is 0. The van der Waals surface area contributed by atoms with Crippen LogP contribution in [-0.2, 0) is 0 Å². The zero-order chi connectivity index (χ0) is 12.0. The van der Waals surface area contributed by atoms with Crippen LogP contribution in [0.2, 0.25) is 0 Å². The Bertz CT molecular complexity index is 371. The van der Waals surface area contributed by atoms with Crippen molar-refractivity contribution in [1.29, 1.82) is 0 Å². The number of thioether (sulfide) groups is 1. The van der Waals surface area contributed by atoms with Crippen LogP contribution < -0.4 is 5.73 Å². The second-order valence-electron chi connectivity index (χ2n) is 3.45. The SMILES string of the molecule is CC(CO)CSc1cccc(C(N)=NO)n1. The van der Waals surface area contributed by atoms with Gasteiger partial charge in [-0.1, -0.05) is 18.1 Å². The van der Waals surface area contributed by atoms with E-state index in [2.05, 4.69) is 10.1 Å². The monoisotopic (exact) mass is 241 g/mol. The lowest BCUT2D eigenvalue weighted by Crippen LogP contribution is -2.15. The molecule has 1 heterocycles. The number of oxime groups is 1. The summed E-state index contributed by atoms with van der Waals surface area (Å²) >= 11 is 1.53. The summed E-state index contributed by atoms with van der Waals surface area (Å²) < 4.78 is 0. The van der Waals surface area contributed by atoms with Crippen molar-refractivity contribution in [3.63, 3.8) is 0 Å². The van der Waals surface area contributed by atoms with Gasteiger partial charge in [-0.15, -0.1) is 11.8 Å². The van der Waals surface area contributed by atoms with Gasteiger partial charge >= 0.3 is 0 Å². The van der Waals surface area contributed by atoms with Crippen LogP contribution in [0.1, 0.15) is 12.6 Å². The van der Waals surface area contributed by atoms with E-state index >= 15 is 0 Å². The highest BCUT2D eigenvalue weighted by atomic mass is 32.2. The lowest BCUT2D eigenvalue weighted by atomic mass is 10.2. The molecule has 1 aromatic heterocycles. The summed E-state index contributed by atoms with van der Waals surface area (Å²) in [6.45, 7) is 2.12. The molecule has 0 fully saturated rings. The average Bonchev–Trinajstić information content (AvgIpc) is 2.35. The highest BCUT2D eigenvalue weighted by Crippen LogP contribution is 2.18. The van der Waals surface area contributed by atoms with Crippen LogP contribution in [0, 0.1) is 5.92 Å². The van der Waals surface area contributed by atoms with Gasteiger partial charge in [-0.25, -0.2) is 4.98 Å². The first-order valence-corrected chi connectivity index (χ1v) is 5.84. The number of aromatic nitrogens is 1. The van der Waals surface area contributed by atoms with Crippen molar-refractivity contribution < 1.29 is 10.3 Å². The van der Waals surface area contributed by atoms with E-state index in [1.165, 1.54) is 11.8 Å². The number of hydrogen-bond donors (Lipinski definition) is 3. The maximum Gasteiger partial charge on any atom is 0.188 e. The summed E-state index contributed by atoms with van der Waals surface area (Å²) in [7, 11) is 0. The van der Waals surface area contributed by atoms with Crippen LogP contribution in [0.4, 0.5) is 0 Å². The molecule has 5 nitrogen and oxygen atoms in total. The van der Waals surface area contributed by atoms with E-state index in [1.807, 2.05) is 13.0 Å². The molecular weight excluding hydrogens is 226 g/mol. The van der Waals surface area contributed by atoms with Gasteiger partial charge in [-0.2, -0.15) is 0 Å². The molecule has 0 bridgehead atoms. The van der Waals surface area contributed by atoms with Gasteiger partial charge in [-0.05, 0) is 18.1 Å². The second-order valence-corrected chi connectivity index (χ2v) is 4.49. The quantitative estimate of drug-likeness (QED) is 0.234. The van der Waals surface area contributed by atoms with Crippen molar-refractivity contribution >= 4 is 17.6 Å². The molecule has 0 saturated heterocycles. The Balaban J connectivity index is 2.68. The number of aliphatic hydroxyl groups is 1. The predicted molar refractivity (Wildman–Crippen MR) is 63.7 cm³/mol. The molecule has 16 heavy (non-hydrogen) atoms. The van der Waals surface area contributed by atoms with Crippen LogP contribution in [0.5, 0.6) is 0 Å². The zero-order valence-electron chi connectivity index (χ0n) is 9.00. The van der Waals surface area contributed by atoms with Crippen molar-refractivity contribution in [2.24, 2.45) is 16.8 Å². The fourth-order valence-corrected chi connectivity index (χ4v) is 1.87. The zero-order valence-corrected chi connectivity index (χ0v) is 9.81. The molecule has 1 atom stereocenters. The first-order valence-electron chi connectivity index (χ1n) is 4.86. The van der Waals surface area contributed by atoms with Crippen LogP contribution in [0.15, 0.2) is 28.4 Å². The third-order valence-corrected chi connectivity index (χ3v) is 3.18. The number of aliphatic hydroxyl groups excluding tert-OH is 1. The molecule has 4 N–H and O–H groups in total. The first-order chi connectivity index (χ1) is 7.67. The Kier molecular flexibility index (Phi) is 5.07. The van der Waals surface area contributed by atoms with E-state index in [-0.39, 0.29) is 18.4 Å². The van der Waals surface area contributed by atoms with E-state index in [4.69, 9.17) is 16.0 Å². The van der Waals surface area contributed by atoms with Gasteiger partial charge in [0.1, 0.15) is 5.69 Å². The highest BCUT2D eigenvalue weighted by Gasteiger charge is 2.05. The van der Waals surface area contributed by atoms with Gasteiger partial charge in [-0.3, -0.25) is 0 Å². The Labute approximate surface area is 98.4 Å². The molecule has 0 spiro atoms. The minimum Gasteiger partial charge on any atom is -0.409 e. The molecular formula is C10H15N3O2S. The van der Waals surface area contributed by atoms with Crippen molar-refractivity contribution in [1.82, 2.24) is 4.98 Å². The van der Waals surface area contributed by atoms with Gasteiger partial charge in [0.05, 0.1) is 5.03 Å². The van der Waals surface area contributed by atoms with Gasteiger partial charge in [0.25, 0.3) is 0 Å². The molecule has 1 aromatic rings. The smallest absolute Gasteiger partial charge is 0.188 e. The maximum absolute atomic E-state index is 8.89. The Morgan fingerprint density at radius 2 is 2.38 bits per heavy atom. The first kappa shape index (κ1) is 12.8. The lowest BCUT2D eigenvalue weighted by molar-refractivity contribution is 0.250. The normalized spacial score (nSPS) is 13.8. The number of hydrogen-bond acceptors (Lipinski definition) is 5. The van der Waals surface area contributed by atoms with E-state index < -0.39 is 0 Å². The second kappa shape index (κ2) is 6.34. The Morgan fingerprint density at radius 3 is 3.00 bits per heavy atom. The van der Waals surface area contributed by atoms with E-state index in [0.717, 1.165) is 10.8 Å². The Hall–Kier alpha value is -1.27. The average molecular weight is 241 g/mol. The van der Waals surface area contributed by atoms with Gasteiger partial charge < -0.3 is 16.0 Å². The molecule has 1 rings (SSSR count). The number of pyridine rings is 1. The molecule has 0 aliphatic rings. The molecule has 0 aliphatic heterocycles. The highest BCUT2D eigenvalue weighted by molar-refractivity contribution is 7.99. The van der Waals surface area contributed by atoms with Crippen LogP contribution in [-0.4, -0.2) is 33.5 Å². The Morgan fingerprint density at radius 1 is 1.62 bits per heavy atom. The summed E-state index contributed by atoms with van der Waals surface area (Å²) in [6, 6.07) is 5.32. The molecule has 1 unspecified atom stereocenters. The molecule has 0 aromatic carbocycles. The standard InChI is InChI=1S/C10H15N3O2S/c1-7(5-14)6-16-9-4-2-3-8(12-9)10(11)13-15/h2-4,7,14-15H,5-6H2,1H3,(H2,11,13). The number of amidine groups is 1. The third kappa shape index (κ3) is 3.71. The summed E-state index contributed by atoms with van der Waals surface area (Å²) in [5.41, 5.74) is 5.88. The van der Waals surface area contributed by atoms with Crippen molar-refractivity contribution in [3.8, 4) is 0 Å². The number of nitrogens with zero attached hydrogens (tertiary/aromatic N) is 2. The molecule has 6 heteroatoms. The molecule has 0 aliphatic carbocycles. The molecule has 0 saturated carbocycles. The molecule has 88 valence electrons. The van der Waals surface area contributed by atoms with Crippen LogP contribution >= 0.6 is 11.8 Å². The van der Waals surface area contributed by atoms with Crippen LogP contribution in [0.3, 0.4) is 0 Å². The predicted octanol–water partition coefficient (Wildman–Crippen LogP) is 0.897. The number of rotatable bonds is 5. The largest absolute Gasteiger partial charge is 0.409 e. The fourth-order valence-electron chi connectivity index (χ4n) is 0.969. The minimum absolute atomic E-state index is 0.00217. The maximum atomic E-state index is 8.89. The van der Waals surface area contributed by atoms with E-state index in [1.54, 1.807) is 12.1 Å². The fraction of sp³-hybridized carbons (Fsp3) is 0.400. The third-order valence-electron chi connectivity index (χ3n) is 1.92. The van der Waals surface area contributed by atoms with Crippen molar-refractivity contribution in [3.05, 3.63) is 23.9 Å². The molecule has 0 amide bonds. The van der Waals surface area contributed by atoms with Crippen LogP contribution in [0.25, 0.3) is 0 Å². The summed E-state index contributed by atoms with van der Waals surface area (Å²) in [5.74, 6) is 1.00. The topological polar surface area (TPSA) is 91.7 Å².